The molecule has 164 valence electrons. The lowest BCUT2D eigenvalue weighted by molar-refractivity contribution is 0.458. The second-order valence-electron chi connectivity index (χ2n) is 7.40. The van der Waals surface area contributed by atoms with Crippen molar-refractivity contribution in [1.29, 1.82) is 0 Å². The molecule has 0 radical (unpaired) electrons. The molecule has 5 aromatic rings. The Morgan fingerprint density at radius 3 is 1.55 bits per heavy atom. The summed E-state index contributed by atoms with van der Waals surface area (Å²) in [5, 5.41) is -1.63. The minimum atomic E-state index is -1.85. The summed E-state index contributed by atoms with van der Waals surface area (Å²) < 4.78 is 103. The molecule has 0 aromatic heterocycles. The van der Waals surface area contributed by atoms with Crippen molar-refractivity contribution < 1.29 is 30.7 Å². The standard InChI is InChI=1S/C26H11F7/c27-14-8-4-7-13-19(12-5-2-1-3-6-12)21-15(28)9-10-16(29)22(21)23(20(13)14)24-25(32)17(30)11-18(31)26(24)33/h1-11H. The quantitative estimate of drug-likeness (QED) is 0.142. The molecule has 0 fully saturated rings. The first kappa shape index (κ1) is 21.0. The molecule has 0 N–H and O–H groups in total. The molecule has 0 aliphatic rings. The second kappa shape index (κ2) is 7.62. The summed E-state index contributed by atoms with van der Waals surface area (Å²) in [5.74, 6) is -10.4. The fraction of sp³-hybridized carbons (Fsp3) is 0. The number of rotatable bonds is 2. The Labute approximate surface area is 182 Å². The molecule has 0 aliphatic carbocycles. The zero-order valence-corrected chi connectivity index (χ0v) is 16.5. The average molecular weight is 456 g/mol. The van der Waals surface area contributed by atoms with Gasteiger partial charge >= 0.3 is 0 Å². The van der Waals surface area contributed by atoms with E-state index in [2.05, 4.69) is 0 Å². The van der Waals surface area contributed by atoms with Crippen molar-refractivity contribution in [3.05, 3.63) is 107 Å². The number of fused-ring (bicyclic) bond motifs is 2. The van der Waals surface area contributed by atoms with Gasteiger partial charge in [-0.15, -0.1) is 0 Å². The summed E-state index contributed by atoms with van der Waals surface area (Å²) in [6, 6.07) is 13.2. The molecule has 0 heterocycles. The molecule has 5 aromatic carbocycles. The van der Waals surface area contributed by atoms with E-state index in [1.807, 2.05) is 0 Å². The van der Waals surface area contributed by atoms with Gasteiger partial charge in [0.25, 0.3) is 0 Å². The fourth-order valence-corrected chi connectivity index (χ4v) is 4.23. The van der Waals surface area contributed by atoms with E-state index in [9.17, 15) is 17.6 Å². The van der Waals surface area contributed by atoms with Crippen LogP contribution in [-0.2, 0) is 0 Å². The van der Waals surface area contributed by atoms with Crippen LogP contribution in [0.25, 0.3) is 43.8 Å². The minimum Gasteiger partial charge on any atom is -0.206 e. The van der Waals surface area contributed by atoms with Gasteiger partial charge in [-0.25, -0.2) is 30.7 Å². The molecular formula is C26H11F7. The molecule has 33 heavy (non-hydrogen) atoms. The summed E-state index contributed by atoms with van der Waals surface area (Å²) in [7, 11) is 0. The first-order valence-corrected chi connectivity index (χ1v) is 9.72. The van der Waals surface area contributed by atoms with E-state index in [-0.39, 0.29) is 17.0 Å². The zero-order chi connectivity index (χ0) is 23.4. The average Bonchev–Trinajstić information content (AvgIpc) is 2.80. The van der Waals surface area contributed by atoms with Crippen LogP contribution in [-0.4, -0.2) is 0 Å². The van der Waals surface area contributed by atoms with Gasteiger partial charge in [-0.1, -0.05) is 42.5 Å². The SMILES string of the molecule is Fc1cc(F)c(F)c(-c2c3c(F)cccc3c(-c3ccccc3)c3c(F)ccc(F)c23)c1F. The maximum absolute atomic E-state index is 15.2. The van der Waals surface area contributed by atoms with Crippen LogP contribution in [0.5, 0.6) is 0 Å². The van der Waals surface area contributed by atoms with E-state index in [4.69, 9.17) is 0 Å². The number of halogens is 7. The van der Waals surface area contributed by atoms with Gasteiger partial charge in [0.05, 0.1) is 5.56 Å². The maximum Gasteiger partial charge on any atom is 0.169 e. The first-order valence-electron chi connectivity index (χ1n) is 9.72. The Balaban J connectivity index is 2.17. The van der Waals surface area contributed by atoms with Crippen molar-refractivity contribution in [2.24, 2.45) is 0 Å². The van der Waals surface area contributed by atoms with Gasteiger partial charge in [0.2, 0.25) is 0 Å². The van der Waals surface area contributed by atoms with Gasteiger partial charge in [-0.2, -0.15) is 0 Å². The third-order valence-electron chi connectivity index (χ3n) is 5.56. The van der Waals surface area contributed by atoms with Crippen molar-refractivity contribution in [3.63, 3.8) is 0 Å². The zero-order valence-electron chi connectivity index (χ0n) is 16.5. The van der Waals surface area contributed by atoms with E-state index in [0.29, 0.717) is 11.6 Å². The molecule has 0 unspecified atom stereocenters. The summed E-state index contributed by atoms with van der Waals surface area (Å²) in [4.78, 5) is 0. The summed E-state index contributed by atoms with van der Waals surface area (Å²) in [6.07, 6.45) is 0. The van der Waals surface area contributed by atoms with Crippen LogP contribution in [0.15, 0.2) is 66.7 Å². The van der Waals surface area contributed by atoms with Crippen molar-refractivity contribution in [3.8, 4) is 22.3 Å². The van der Waals surface area contributed by atoms with Gasteiger partial charge in [0.15, 0.2) is 23.3 Å². The third-order valence-corrected chi connectivity index (χ3v) is 5.56. The predicted octanol–water partition coefficient (Wildman–Crippen LogP) is 8.30. The van der Waals surface area contributed by atoms with Crippen LogP contribution in [0.3, 0.4) is 0 Å². The van der Waals surface area contributed by atoms with Gasteiger partial charge < -0.3 is 0 Å². The molecule has 0 nitrogen and oxygen atoms in total. The highest BCUT2D eigenvalue weighted by molar-refractivity contribution is 6.21. The van der Waals surface area contributed by atoms with Crippen LogP contribution >= 0.6 is 0 Å². The lowest BCUT2D eigenvalue weighted by Crippen LogP contribution is -2.03. The van der Waals surface area contributed by atoms with Gasteiger partial charge in [0.1, 0.15) is 17.5 Å². The number of hydrogen-bond donors (Lipinski definition) is 0. The first-order chi connectivity index (χ1) is 15.8. The maximum atomic E-state index is 15.2. The predicted molar refractivity (Wildman–Crippen MR) is 112 cm³/mol. The fourth-order valence-electron chi connectivity index (χ4n) is 4.23. The number of benzene rings is 5. The monoisotopic (exact) mass is 456 g/mol. The smallest absolute Gasteiger partial charge is 0.169 e. The topological polar surface area (TPSA) is 0 Å². The molecule has 5 rings (SSSR count). The Morgan fingerprint density at radius 2 is 0.939 bits per heavy atom. The molecule has 0 amide bonds. The normalized spacial score (nSPS) is 11.5. The van der Waals surface area contributed by atoms with Crippen LogP contribution in [0.1, 0.15) is 0 Å². The van der Waals surface area contributed by atoms with Gasteiger partial charge in [-0.3, -0.25) is 0 Å². The Bertz CT molecular complexity index is 1550. The lowest BCUT2D eigenvalue weighted by atomic mass is 9.85. The highest BCUT2D eigenvalue weighted by Crippen LogP contribution is 2.47. The molecule has 0 atom stereocenters. The molecule has 7 heteroatoms. The molecule has 0 spiro atoms. The molecule has 0 aliphatic heterocycles. The van der Waals surface area contributed by atoms with Crippen LogP contribution in [0.2, 0.25) is 0 Å². The molecule has 0 saturated heterocycles. The van der Waals surface area contributed by atoms with Crippen molar-refractivity contribution in [2.45, 2.75) is 0 Å². The van der Waals surface area contributed by atoms with Gasteiger partial charge in [0, 0.05) is 33.4 Å². The van der Waals surface area contributed by atoms with E-state index in [1.54, 1.807) is 30.3 Å². The minimum absolute atomic E-state index is 0.00974. The van der Waals surface area contributed by atoms with Crippen molar-refractivity contribution in [1.82, 2.24) is 0 Å². The van der Waals surface area contributed by atoms with Gasteiger partial charge in [-0.05, 0) is 29.1 Å². The van der Waals surface area contributed by atoms with E-state index in [0.717, 1.165) is 12.1 Å². The molecule has 0 saturated carbocycles. The Hall–Kier alpha value is -3.87. The van der Waals surface area contributed by atoms with Crippen molar-refractivity contribution in [2.75, 3.05) is 0 Å². The summed E-state index contributed by atoms with van der Waals surface area (Å²) >= 11 is 0. The Kier molecular flexibility index (Phi) is 4.85. The molecule has 0 bridgehead atoms. The van der Waals surface area contributed by atoms with Crippen LogP contribution in [0.4, 0.5) is 30.7 Å². The van der Waals surface area contributed by atoms with Crippen molar-refractivity contribution >= 4 is 21.5 Å². The second-order valence-corrected chi connectivity index (χ2v) is 7.40. The Morgan fingerprint density at radius 1 is 0.394 bits per heavy atom. The van der Waals surface area contributed by atoms with E-state index < -0.39 is 68.0 Å². The summed E-state index contributed by atoms with van der Waals surface area (Å²) in [5.41, 5.74) is -1.70. The largest absolute Gasteiger partial charge is 0.206 e. The summed E-state index contributed by atoms with van der Waals surface area (Å²) in [6.45, 7) is 0. The number of hydrogen-bond acceptors (Lipinski definition) is 0. The van der Waals surface area contributed by atoms with E-state index in [1.165, 1.54) is 12.1 Å². The highest BCUT2D eigenvalue weighted by Gasteiger charge is 2.29. The third kappa shape index (κ3) is 3.07. The van der Waals surface area contributed by atoms with Crippen LogP contribution in [0, 0.1) is 40.7 Å². The lowest BCUT2D eigenvalue weighted by Gasteiger charge is -2.19. The van der Waals surface area contributed by atoms with Crippen LogP contribution < -0.4 is 0 Å². The van der Waals surface area contributed by atoms with E-state index >= 15 is 13.2 Å². The highest BCUT2D eigenvalue weighted by atomic mass is 19.2. The molecular weight excluding hydrogens is 445 g/mol.